The first-order valence-electron chi connectivity index (χ1n) is 10.3. The summed E-state index contributed by atoms with van der Waals surface area (Å²) in [5.41, 5.74) is 29.9. The summed E-state index contributed by atoms with van der Waals surface area (Å²) < 4.78 is 0. The Bertz CT molecular complexity index is 899. The van der Waals surface area contributed by atoms with E-state index < -0.39 is 12.6 Å². The summed E-state index contributed by atoms with van der Waals surface area (Å²) in [6, 6.07) is 15.5. The maximum Gasteiger partial charge on any atom is 0.254 e. The number of para-hydroxylation sites is 1. The average molecular weight is 439 g/mol. The van der Waals surface area contributed by atoms with Crippen molar-refractivity contribution in [2.24, 2.45) is 33.1 Å². The Hall–Kier alpha value is -3.51. The average Bonchev–Trinajstić information content (AvgIpc) is 2.79. The van der Waals surface area contributed by atoms with Crippen LogP contribution in [0.1, 0.15) is 21.5 Å². The lowest BCUT2D eigenvalue weighted by Gasteiger charge is -2.36. The summed E-state index contributed by atoms with van der Waals surface area (Å²) in [6.45, 7) is 2.79. The van der Waals surface area contributed by atoms with E-state index in [-0.39, 0.29) is 5.91 Å². The van der Waals surface area contributed by atoms with E-state index in [0.29, 0.717) is 29.8 Å². The summed E-state index contributed by atoms with van der Waals surface area (Å²) in [5, 5.41) is 7.98. The van der Waals surface area contributed by atoms with Gasteiger partial charge in [0.15, 0.2) is 0 Å². The maximum atomic E-state index is 13.2. The van der Waals surface area contributed by atoms with Gasteiger partial charge in [-0.3, -0.25) is 38.6 Å². The van der Waals surface area contributed by atoms with Gasteiger partial charge in [-0.15, -0.1) is 0 Å². The molecule has 2 aromatic carbocycles. The van der Waals surface area contributed by atoms with Crippen LogP contribution in [-0.4, -0.2) is 62.0 Å². The number of hydrogen-bond donors (Lipinski definition) is 6. The van der Waals surface area contributed by atoms with Gasteiger partial charge in [-0.1, -0.05) is 18.2 Å². The summed E-state index contributed by atoms with van der Waals surface area (Å²) >= 11 is 0. The molecular formula is C21H30N10O. The second-order valence-corrected chi connectivity index (χ2v) is 7.33. The number of carbonyl (C=O) groups is 1. The molecule has 1 amide bonds. The van der Waals surface area contributed by atoms with Crippen molar-refractivity contribution in [1.82, 2.24) is 15.8 Å². The Morgan fingerprint density at radius 1 is 0.844 bits per heavy atom. The van der Waals surface area contributed by atoms with Crippen molar-refractivity contribution in [3.63, 3.8) is 0 Å². The quantitative estimate of drug-likeness (QED) is 0.171. The van der Waals surface area contributed by atoms with Crippen LogP contribution in [0.15, 0.2) is 58.7 Å². The van der Waals surface area contributed by atoms with Crippen LogP contribution in [0, 0.1) is 0 Å². The molecule has 0 aliphatic carbocycles. The van der Waals surface area contributed by atoms with Gasteiger partial charge in [-0.05, 0) is 41.5 Å². The van der Waals surface area contributed by atoms with Crippen LogP contribution >= 0.6 is 0 Å². The van der Waals surface area contributed by atoms with Crippen LogP contribution in [0.2, 0.25) is 0 Å². The van der Waals surface area contributed by atoms with Gasteiger partial charge in [0.05, 0.1) is 12.4 Å². The molecule has 1 aliphatic heterocycles. The zero-order valence-corrected chi connectivity index (χ0v) is 17.8. The van der Waals surface area contributed by atoms with E-state index in [2.05, 4.69) is 38.1 Å². The molecule has 3 rings (SSSR count). The molecule has 2 aromatic rings. The number of rotatable bonds is 8. The lowest BCUT2D eigenvalue weighted by Crippen LogP contribution is -2.48. The first kappa shape index (κ1) is 23.2. The molecule has 0 bridgehead atoms. The molecule has 32 heavy (non-hydrogen) atoms. The first-order chi connectivity index (χ1) is 15.4. The lowest BCUT2D eigenvalue weighted by atomic mass is 10.1. The van der Waals surface area contributed by atoms with Crippen molar-refractivity contribution < 1.29 is 4.79 Å². The fraction of sp³-hybridized carbons (Fsp3) is 0.286. The third-order valence-electron chi connectivity index (χ3n) is 4.79. The van der Waals surface area contributed by atoms with Crippen LogP contribution in [0.4, 0.5) is 5.69 Å². The SMILES string of the molecule is NC(N)N/N=C/c1cc(/C=N/NC(N)N)cc(C(=O)N2CCN(c3ccccc3)CC2)c1. The molecule has 11 heteroatoms. The molecule has 11 nitrogen and oxygen atoms in total. The van der Waals surface area contributed by atoms with E-state index in [1.54, 1.807) is 12.1 Å². The maximum absolute atomic E-state index is 13.2. The van der Waals surface area contributed by atoms with E-state index >= 15 is 0 Å². The summed E-state index contributed by atoms with van der Waals surface area (Å²) in [4.78, 5) is 17.3. The third-order valence-corrected chi connectivity index (χ3v) is 4.79. The number of nitrogens with one attached hydrogen (secondary N) is 2. The van der Waals surface area contributed by atoms with E-state index in [9.17, 15) is 4.79 Å². The predicted octanol–water partition coefficient (Wildman–Crippen LogP) is -1.10. The number of nitrogens with zero attached hydrogens (tertiary/aromatic N) is 4. The fourth-order valence-corrected chi connectivity index (χ4v) is 3.33. The zero-order valence-electron chi connectivity index (χ0n) is 17.8. The molecule has 10 N–H and O–H groups in total. The molecule has 1 heterocycles. The Morgan fingerprint density at radius 3 is 1.88 bits per heavy atom. The van der Waals surface area contributed by atoms with Crippen molar-refractivity contribution in [3.05, 3.63) is 65.2 Å². The molecule has 1 saturated heterocycles. The van der Waals surface area contributed by atoms with Gasteiger partial charge >= 0.3 is 0 Å². The van der Waals surface area contributed by atoms with Crippen molar-refractivity contribution in [3.8, 4) is 0 Å². The molecule has 170 valence electrons. The van der Waals surface area contributed by atoms with Gasteiger partial charge in [0.25, 0.3) is 5.91 Å². The van der Waals surface area contributed by atoms with E-state index in [1.807, 2.05) is 29.2 Å². The molecule has 0 saturated carbocycles. The third kappa shape index (κ3) is 6.75. The van der Waals surface area contributed by atoms with Crippen molar-refractivity contribution in [2.45, 2.75) is 12.6 Å². The van der Waals surface area contributed by atoms with Crippen LogP contribution < -0.4 is 38.7 Å². The zero-order chi connectivity index (χ0) is 22.9. The van der Waals surface area contributed by atoms with Gasteiger partial charge in [0.2, 0.25) is 0 Å². The Morgan fingerprint density at radius 2 is 1.38 bits per heavy atom. The Labute approximate surface area is 187 Å². The topological polar surface area (TPSA) is 176 Å². The summed E-state index contributed by atoms with van der Waals surface area (Å²) in [6.07, 6.45) is 1.51. The molecule has 0 atom stereocenters. The number of hydrogen-bond acceptors (Lipinski definition) is 10. The van der Waals surface area contributed by atoms with Gasteiger partial charge in [0.1, 0.15) is 12.6 Å². The van der Waals surface area contributed by atoms with Crippen molar-refractivity contribution in [2.75, 3.05) is 31.1 Å². The van der Waals surface area contributed by atoms with E-state index in [4.69, 9.17) is 22.9 Å². The number of benzene rings is 2. The Kier molecular flexibility index (Phi) is 8.11. The molecular weight excluding hydrogens is 408 g/mol. The normalized spacial score (nSPS) is 14.7. The Balaban J connectivity index is 1.74. The molecule has 0 spiro atoms. The number of hydrazone groups is 2. The van der Waals surface area contributed by atoms with E-state index in [0.717, 1.165) is 18.8 Å². The lowest BCUT2D eigenvalue weighted by molar-refractivity contribution is 0.0746. The molecule has 1 fully saturated rings. The second-order valence-electron chi connectivity index (χ2n) is 7.33. The number of amides is 1. The van der Waals surface area contributed by atoms with Gasteiger partial charge in [-0.25, -0.2) is 0 Å². The number of carbonyl (C=O) groups excluding carboxylic acids is 1. The molecule has 0 radical (unpaired) electrons. The highest BCUT2D eigenvalue weighted by Crippen LogP contribution is 2.18. The number of anilines is 1. The summed E-state index contributed by atoms with van der Waals surface area (Å²) in [5.74, 6) is -0.0606. The minimum Gasteiger partial charge on any atom is -0.368 e. The number of piperazine rings is 1. The van der Waals surface area contributed by atoms with E-state index in [1.165, 1.54) is 12.4 Å². The van der Waals surface area contributed by atoms with Crippen LogP contribution in [0.3, 0.4) is 0 Å². The molecule has 0 unspecified atom stereocenters. The van der Waals surface area contributed by atoms with Crippen LogP contribution in [0.25, 0.3) is 0 Å². The van der Waals surface area contributed by atoms with Gasteiger partial charge in [-0.2, -0.15) is 10.2 Å². The minimum atomic E-state index is -0.784. The van der Waals surface area contributed by atoms with Crippen LogP contribution in [-0.2, 0) is 0 Å². The van der Waals surface area contributed by atoms with Crippen molar-refractivity contribution in [1.29, 1.82) is 0 Å². The fourth-order valence-electron chi connectivity index (χ4n) is 3.33. The van der Waals surface area contributed by atoms with Crippen LogP contribution in [0.5, 0.6) is 0 Å². The summed E-state index contributed by atoms with van der Waals surface area (Å²) in [7, 11) is 0. The standard InChI is InChI=1S/C21H30N10O/c22-20(23)28-26-13-15-10-16(14-27-29-21(24)25)12-17(11-15)19(32)31-8-6-30(7-9-31)18-4-2-1-3-5-18/h1-5,10-14,20-21,28-29H,6-9,22-25H2/b26-13+,27-14+. The highest BCUT2D eigenvalue weighted by atomic mass is 16.2. The largest absolute Gasteiger partial charge is 0.368 e. The molecule has 1 aliphatic rings. The minimum absolute atomic E-state index is 0.0606. The predicted molar refractivity (Wildman–Crippen MR) is 127 cm³/mol. The monoisotopic (exact) mass is 438 g/mol. The van der Waals surface area contributed by atoms with Gasteiger partial charge < -0.3 is 9.80 Å². The van der Waals surface area contributed by atoms with Crippen molar-refractivity contribution >= 4 is 24.0 Å². The highest BCUT2D eigenvalue weighted by molar-refractivity contribution is 5.98. The smallest absolute Gasteiger partial charge is 0.254 e. The highest BCUT2D eigenvalue weighted by Gasteiger charge is 2.22. The first-order valence-corrected chi connectivity index (χ1v) is 10.3. The van der Waals surface area contributed by atoms with Gasteiger partial charge in [0, 0.05) is 37.4 Å². The molecule has 0 aromatic heterocycles. The second kappa shape index (κ2) is 11.2. The number of nitrogens with two attached hydrogens (primary N) is 4.